The molecule has 0 saturated heterocycles. The number of hydrogen-bond acceptors (Lipinski definition) is 15. The zero-order valence-electron chi connectivity index (χ0n) is 50.4. The second kappa shape index (κ2) is 38.9. The predicted octanol–water partition coefficient (Wildman–Crippen LogP) is -0.455. The predicted molar refractivity (Wildman–Crippen MR) is 337 cm³/mol. The maximum absolute atomic E-state index is 14.6. The number of aromatic amines is 1. The van der Waals surface area contributed by atoms with Crippen molar-refractivity contribution in [3.05, 3.63) is 65.9 Å². The number of rotatable bonds is 41. The third kappa shape index (κ3) is 26.4. The number of fused-ring (bicyclic) bond motifs is 1. The lowest BCUT2D eigenvalue weighted by atomic mass is 10.0. The second-order valence-electron chi connectivity index (χ2n) is 21.8. The number of unbranched alkanes of at least 4 members (excludes halogenated alkanes) is 1. The highest BCUT2D eigenvalue weighted by Crippen LogP contribution is 2.21. The van der Waals surface area contributed by atoms with E-state index in [9.17, 15) is 52.7 Å². The van der Waals surface area contributed by atoms with Gasteiger partial charge in [0.15, 0.2) is 0 Å². The summed E-state index contributed by atoms with van der Waals surface area (Å²) in [7, 11) is 0. The Bertz CT molecular complexity index is 2770. The maximum Gasteiger partial charge on any atom is 0.243 e. The van der Waals surface area contributed by atoms with Crippen LogP contribution in [0.5, 0.6) is 0 Å². The number of thioether (sulfide) groups is 1. The lowest BCUT2D eigenvalue weighted by Gasteiger charge is -2.27. The number of nitrogens with two attached hydrogens (primary N) is 4. The van der Waals surface area contributed by atoms with E-state index in [2.05, 4.69) is 52.8 Å². The molecule has 0 aliphatic carbocycles. The molecule has 0 unspecified atom stereocenters. The summed E-state index contributed by atoms with van der Waals surface area (Å²) in [6.07, 6.45) is 4.46. The largest absolute Gasteiger partial charge is 0.370 e. The van der Waals surface area contributed by atoms with Crippen LogP contribution >= 0.6 is 35.0 Å². The molecule has 1 aromatic heterocycles. The lowest BCUT2D eigenvalue weighted by molar-refractivity contribution is -0.135. The zero-order valence-corrected chi connectivity index (χ0v) is 52.7. The Morgan fingerprint density at radius 1 is 0.609 bits per heavy atom. The second-order valence-corrected chi connectivity index (χ2v) is 23.6. The number of nitrogens with zero attached hydrogens (tertiary/aromatic N) is 1. The number of amides is 11. The molecule has 0 saturated carbocycles. The van der Waals surface area contributed by atoms with Gasteiger partial charge in [0.1, 0.15) is 42.3 Å². The standard InChI is InChI=1S/C58H89Cl2N15O11S/c1-33(2)27-44(56(84)71-42(51(64)79)20-26-87-6)69-49(78)32-67-58(86)50(34(3)4)74-52(80)35(5)68-55(83)46(29-37-30-65-41-13-8-7-11-39(37)41)73-54(82)43(18-19-47(63)76)72-57(85)45(70-48(77)31-66-53(81)40(62)12-9-10-23-61)28-36-14-16-38(17-15-36)75(24-21-59)25-22-60/h7-8,11,13-17,30,33-35,40,42-46,50,65H,9-10,12,18-29,31-32,61-62H2,1-6H3,(H2,63,76)(H2,64,79)(H,66,81)(H,67,86)(H,68,83)(H,69,78)(H,70,77)(H,71,84)(H,72,85)(H,73,82)(H,74,80)/t35-,40-,42-,43-,44-,45-,46-,50-/m0/s1. The van der Waals surface area contributed by atoms with Crippen LogP contribution in [-0.2, 0) is 65.6 Å². The molecular formula is C58H89Cl2N15O11S. The summed E-state index contributed by atoms with van der Waals surface area (Å²) in [5, 5.41) is 24.1. The minimum atomic E-state index is -1.55. The average molecular weight is 1280 g/mol. The number of para-hydroxylation sites is 1. The molecule has 2 aromatic carbocycles. The van der Waals surface area contributed by atoms with Crippen molar-refractivity contribution >= 4 is 117 Å². The van der Waals surface area contributed by atoms with Gasteiger partial charge in [0, 0.05) is 66.9 Å². The zero-order chi connectivity index (χ0) is 64.8. The first-order valence-corrected chi connectivity index (χ1v) is 31.5. The molecule has 1 heterocycles. The van der Waals surface area contributed by atoms with Gasteiger partial charge in [0.2, 0.25) is 65.0 Å². The average Bonchev–Trinajstić information content (AvgIpc) is 4.06. The summed E-state index contributed by atoms with van der Waals surface area (Å²) in [6, 6.07) is 4.29. The molecule has 0 spiro atoms. The highest BCUT2D eigenvalue weighted by molar-refractivity contribution is 7.98. The SMILES string of the molecule is CSCC[C@H](NC(=O)[C@H](CC(C)C)NC(=O)CNC(=O)[C@@H](NC(=O)[C@H](C)NC(=O)[C@H](Cc1c[nH]c2ccccc12)NC(=O)[C@H](CCC(N)=O)NC(=O)[C@H](Cc1ccc(N(CCCl)CCCl)cc1)NC(=O)CNC(=O)[C@@H](N)CCCCN)C(C)C)C(N)=O. The van der Waals surface area contributed by atoms with Gasteiger partial charge in [0.25, 0.3) is 0 Å². The molecule has 29 heteroatoms. The van der Waals surface area contributed by atoms with Crippen LogP contribution in [0.1, 0.15) is 90.7 Å². The topological polar surface area (TPSA) is 419 Å². The molecule has 0 aliphatic heterocycles. The number of H-pyrrole nitrogens is 1. The first-order chi connectivity index (χ1) is 41.3. The molecule has 0 bridgehead atoms. The Morgan fingerprint density at radius 2 is 1.17 bits per heavy atom. The van der Waals surface area contributed by atoms with Crippen LogP contribution in [0.2, 0.25) is 0 Å². The van der Waals surface area contributed by atoms with E-state index in [1.807, 2.05) is 25.0 Å². The van der Waals surface area contributed by atoms with Crippen molar-refractivity contribution in [1.82, 2.24) is 52.8 Å². The quantitative estimate of drug-likeness (QED) is 0.0253. The Morgan fingerprint density at radius 3 is 1.76 bits per heavy atom. The van der Waals surface area contributed by atoms with Crippen molar-refractivity contribution in [1.29, 1.82) is 0 Å². The number of anilines is 1. The Hall–Kier alpha value is -7.20. The summed E-state index contributed by atoms with van der Waals surface area (Å²) in [5.41, 5.74) is 25.3. The van der Waals surface area contributed by atoms with Crippen molar-refractivity contribution < 1.29 is 52.7 Å². The summed E-state index contributed by atoms with van der Waals surface area (Å²) in [4.78, 5) is 153. The minimum absolute atomic E-state index is 0.0601. The van der Waals surface area contributed by atoms with Crippen LogP contribution < -0.4 is 75.7 Å². The van der Waals surface area contributed by atoms with Crippen molar-refractivity contribution in [2.75, 3.05) is 61.4 Å². The van der Waals surface area contributed by atoms with Crippen LogP contribution in [0.15, 0.2) is 54.7 Å². The molecule has 0 aliphatic rings. The number of halogens is 2. The van der Waals surface area contributed by atoms with Gasteiger partial charge < -0.3 is 80.7 Å². The normalized spacial score (nSPS) is 14.0. The third-order valence-electron chi connectivity index (χ3n) is 13.9. The number of alkyl halides is 2. The van der Waals surface area contributed by atoms with E-state index >= 15 is 0 Å². The highest BCUT2D eigenvalue weighted by atomic mass is 35.5. The van der Waals surface area contributed by atoms with Crippen molar-refractivity contribution in [2.24, 2.45) is 34.8 Å². The van der Waals surface area contributed by atoms with Crippen LogP contribution in [-0.4, -0.2) is 175 Å². The molecule has 18 N–H and O–H groups in total. The van der Waals surface area contributed by atoms with E-state index in [1.165, 1.54) is 18.7 Å². The van der Waals surface area contributed by atoms with Crippen molar-refractivity contribution in [2.45, 2.75) is 141 Å². The molecule has 11 amide bonds. The van der Waals surface area contributed by atoms with E-state index in [0.29, 0.717) is 78.4 Å². The number of nitrogens with one attached hydrogen (secondary N) is 10. The van der Waals surface area contributed by atoms with Crippen molar-refractivity contribution in [3.63, 3.8) is 0 Å². The van der Waals surface area contributed by atoms with Crippen molar-refractivity contribution in [3.8, 4) is 0 Å². The van der Waals surface area contributed by atoms with E-state index in [1.54, 1.807) is 68.6 Å². The Kier molecular flexibility index (Phi) is 33.1. The number of aromatic nitrogens is 1. The first kappa shape index (κ1) is 74.1. The molecular weight excluding hydrogens is 1190 g/mol. The van der Waals surface area contributed by atoms with E-state index in [-0.39, 0.29) is 38.0 Å². The molecule has 3 aromatic rings. The summed E-state index contributed by atoms with van der Waals surface area (Å²) in [5.74, 6) is -7.93. The number of carbonyl (C=O) groups is 11. The van der Waals surface area contributed by atoms with Gasteiger partial charge in [0.05, 0.1) is 19.1 Å². The number of hydrogen-bond donors (Lipinski definition) is 14. The monoisotopic (exact) mass is 1270 g/mol. The molecule has 8 atom stereocenters. The van der Waals surface area contributed by atoms with Gasteiger partial charge in [-0.15, -0.1) is 23.2 Å². The van der Waals surface area contributed by atoms with Gasteiger partial charge in [-0.2, -0.15) is 11.8 Å². The van der Waals surface area contributed by atoms with E-state index in [4.69, 9.17) is 46.1 Å². The van der Waals surface area contributed by atoms with Crippen LogP contribution in [0.25, 0.3) is 10.9 Å². The number of primary amides is 2. The highest BCUT2D eigenvalue weighted by Gasteiger charge is 2.34. The Labute approximate surface area is 522 Å². The van der Waals surface area contributed by atoms with E-state index in [0.717, 1.165) is 5.69 Å². The molecule has 3 rings (SSSR count). The summed E-state index contributed by atoms with van der Waals surface area (Å²) >= 11 is 13.6. The van der Waals surface area contributed by atoms with E-state index < -0.39 is 139 Å². The van der Waals surface area contributed by atoms with Crippen LogP contribution in [0.3, 0.4) is 0 Å². The summed E-state index contributed by atoms with van der Waals surface area (Å²) in [6.45, 7) is 8.58. The fourth-order valence-corrected chi connectivity index (χ4v) is 9.97. The van der Waals surface area contributed by atoms with Crippen LogP contribution in [0.4, 0.5) is 5.69 Å². The van der Waals surface area contributed by atoms with Gasteiger partial charge in [-0.05, 0) is 98.7 Å². The van der Waals surface area contributed by atoms with Gasteiger partial charge in [-0.3, -0.25) is 52.7 Å². The Balaban J connectivity index is 1.89. The fourth-order valence-electron chi connectivity index (χ4n) is 9.09. The van der Waals surface area contributed by atoms with Gasteiger partial charge >= 0.3 is 0 Å². The third-order valence-corrected chi connectivity index (χ3v) is 14.9. The van der Waals surface area contributed by atoms with Gasteiger partial charge in [-0.25, -0.2) is 0 Å². The smallest absolute Gasteiger partial charge is 0.243 e. The molecule has 87 heavy (non-hydrogen) atoms. The number of benzene rings is 2. The molecule has 0 radical (unpaired) electrons. The maximum atomic E-state index is 14.6. The minimum Gasteiger partial charge on any atom is -0.370 e. The first-order valence-electron chi connectivity index (χ1n) is 29.0. The number of carbonyl (C=O) groups excluding carboxylic acids is 11. The molecule has 482 valence electrons. The fraction of sp³-hybridized carbons (Fsp3) is 0.569. The van der Waals surface area contributed by atoms with Crippen LogP contribution in [0, 0.1) is 11.8 Å². The summed E-state index contributed by atoms with van der Waals surface area (Å²) < 4.78 is 0. The lowest BCUT2D eigenvalue weighted by Crippen LogP contribution is -2.60. The molecule has 0 fully saturated rings. The molecule has 26 nitrogen and oxygen atoms in total. The van der Waals surface area contributed by atoms with Gasteiger partial charge in [-0.1, -0.05) is 64.4 Å².